The highest BCUT2D eigenvalue weighted by Crippen LogP contribution is 2.45. The van der Waals surface area contributed by atoms with E-state index in [-0.39, 0.29) is 5.41 Å². The first-order valence-electron chi connectivity index (χ1n) is 7.63. The molecule has 2 aromatic carbocycles. The Labute approximate surface area is 132 Å². The summed E-state index contributed by atoms with van der Waals surface area (Å²) >= 11 is 0. The van der Waals surface area contributed by atoms with Crippen molar-refractivity contribution >= 4 is 23.2 Å². The lowest BCUT2D eigenvalue weighted by atomic mass is 9.80. The van der Waals surface area contributed by atoms with E-state index < -0.39 is 0 Å². The molecule has 2 heteroatoms. The molecular weight excluding hydrogens is 268 g/mol. The van der Waals surface area contributed by atoms with Gasteiger partial charge >= 0.3 is 0 Å². The van der Waals surface area contributed by atoms with Gasteiger partial charge in [-0.3, -0.25) is 4.99 Å². The second-order valence-electron chi connectivity index (χ2n) is 6.43. The number of allylic oxidation sites excluding steroid dienone is 1. The van der Waals surface area contributed by atoms with Gasteiger partial charge in [-0.15, -0.1) is 0 Å². The molecule has 0 amide bonds. The van der Waals surface area contributed by atoms with Gasteiger partial charge in [-0.25, -0.2) is 0 Å². The summed E-state index contributed by atoms with van der Waals surface area (Å²) in [5.74, 6) is 0. The average molecular weight is 290 g/mol. The third-order valence-electron chi connectivity index (χ3n) is 4.24. The summed E-state index contributed by atoms with van der Waals surface area (Å²) in [7, 11) is 4.17. The molecule has 0 aliphatic carbocycles. The van der Waals surface area contributed by atoms with Crippen LogP contribution in [0.4, 0.5) is 11.4 Å². The van der Waals surface area contributed by atoms with Crippen LogP contribution in [0.3, 0.4) is 0 Å². The summed E-state index contributed by atoms with van der Waals surface area (Å²) in [6.45, 7) is 4.50. The molecule has 2 aromatic rings. The smallest absolute Gasteiger partial charge is 0.0695 e. The molecule has 0 unspecified atom stereocenters. The maximum atomic E-state index is 4.87. The summed E-state index contributed by atoms with van der Waals surface area (Å²) < 4.78 is 0. The SMILES string of the molecule is CN(C)c1cccc2c1C(C)(C)C(C=Cc1ccccc1)=N2. The molecule has 2 nitrogen and oxygen atoms in total. The predicted molar refractivity (Wildman–Crippen MR) is 96.4 cm³/mol. The van der Waals surface area contributed by atoms with Crippen LogP contribution in [0.25, 0.3) is 6.08 Å². The Kier molecular flexibility index (Phi) is 3.61. The number of hydrogen-bond donors (Lipinski definition) is 0. The van der Waals surface area contributed by atoms with Crippen LogP contribution in [0.2, 0.25) is 0 Å². The highest BCUT2D eigenvalue weighted by atomic mass is 15.1. The molecule has 0 atom stereocenters. The quantitative estimate of drug-likeness (QED) is 0.790. The number of anilines is 1. The first kappa shape index (κ1) is 14.6. The molecule has 0 spiro atoms. The molecule has 22 heavy (non-hydrogen) atoms. The Morgan fingerprint density at radius 2 is 1.64 bits per heavy atom. The van der Waals surface area contributed by atoms with Crippen LogP contribution in [0, 0.1) is 0 Å². The third kappa shape index (κ3) is 2.45. The van der Waals surface area contributed by atoms with Gasteiger partial charge in [0.15, 0.2) is 0 Å². The number of hydrogen-bond acceptors (Lipinski definition) is 2. The standard InChI is InChI=1S/C20H22N2/c1-20(2)18(14-13-15-9-6-5-7-10-15)21-16-11-8-12-17(19(16)20)22(3)4/h5-14H,1-4H3. The molecule has 0 saturated carbocycles. The molecule has 112 valence electrons. The zero-order valence-electron chi connectivity index (χ0n) is 13.7. The molecule has 0 saturated heterocycles. The molecule has 0 fully saturated rings. The van der Waals surface area contributed by atoms with E-state index in [0.717, 1.165) is 11.4 Å². The van der Waals surface area contributed by atoms with Crippen LogP contribution in [0.15, 0.2) is 59.6 Å². The molecule has 0 aromatic heterocycles. The molecule has 3 rings (SSSR count). The van der Waals surface area contributed by atoms with Crippen LogP contribution < -0.4 is 4.90 Å². The van der Waals surface area contributed by atoms with Crippen molar-refractivity contribution in [3.63, 3.8) is 0 Å². The van der Waals surface area contributed by atoms with Gasteiger partial charge in [-0.1, -0.05) is 42.5 Å². The minimum absolute atomic E-state index is 0.0819. The third-order valence-corrected chi connectivity index (χ3v) is 4.24. The van der Waals surface area contributed by atoms with Crippen molar-refractivity contribution in [3.8, 4) is 0 Å². The summed E-state index contributed by atoms with van der Waals surface area (Å²) in [5.41, 5.74) is 5.87. The molecular formula is C20H22N2. The lowest BCUT2D eigenvalue weighted by Gasteiger charge is -2.26. The van der Waals surface area contributed by atoms with Gasteiger partial charge in [0, 0.05) is 30.8 Å². The van der Waals surface area contributed by atoms with E-state index in [0.29, 0.717) is 0 Å². The second kappa shape index (κ2) is 5.45. The first-order chi connectivity index (χ1) is 10.5. The minimum Gasteiger partial charge on any atom is -0.377 e. The van der Waals surface area contributed by atoms with Crippen molar-refractivity contribution in [2.75, 3.05) is 19.0 Å². The van der Waals surface area contributed by atoms with Crippen LogP contribution in [-0.4, -0.2) is 19.8 Å². The van der Waals surface area contributed by atoms with Gasteiger partial charge in [0.1, 0.15) is 0 Å². The number of aliphatic imine (C=N–C) groups is 1. The number of rotatable bonds is 3. The van der Waals surface area contributed by atoms with Crippen LogP contribution >= 0.6 is 0 Å². The Morgan fingerprint density at radius 3 is 2.32 bits per heavy atom. The Morgan fingerprint density at radius 1 is 0.909 bits per heavy atom. The van der Waals surface area contributed by atoms with E-state index in [1.807, 2.05) is 6.07 Å². The normalized spacial score (nSPS) is 15.7. The van der Waals surface area contributed by atoms with Gasteiger partial charge in [0.2, 0.25) is 0 Å². The highest BCUT2D eigenvalue weighted by molar-refractivity contribution is 6.11. The van der Waals surface area contributed by atoms with Crippen molar-refractivity contribution in [2.24, 2.45) is 4.99 Å². The summed E-state index contributed by atoms with van der Waals surface area (Å²) in [6, 6.07) is 16.7. The van der Waals surface area contributed by atoms with Crippen LogP contribution in [-0.2, 0) is 5.41 Å². The number of fused-ring (bicyclic) bond motifs is 1. The van der Waals surface area contributed by atoms with Gasteiger partial charge in [-0.2, -0.15) is 0 Å². The topological polar surface area (TPSA) is 15.6 Å². The Hall–Kier alpha value is -2.35. The maximum absolute atomic E-state index is 4.87. The van der Waals surface area contributed by atoms with Gasteiger partial charge < -0.3 is 4.90 Å². The first-order valence-corrected chi connectivity index (χ1v) is 7.63. The van der Waals surface area contributed by atoms with Crippen molar-refractivity contribution < 1.29 is 0 Å². The fourth-order valence-corrected chi connectivity index (χ4v) is 3.02. The summed E-state index contributed by atoms with van der Waals surface area (Å²) in [6.07, 6.45) is 4.29. The maximum Gasteiger partial charge on any atom is 0.0695 e. The fourth-order valence-electron chi connectivity index (χ4n) is 3.02. The van der Waals surface area contributed by atoms with Crippen LogP contribution in [0.5, 0.6) is 0 Å². The van der Waals surface area contributed by atoms with E-state index in [4.69, 9.17) is 4.99 Å². The molecule has 1 aliphatic heterocycles. The number of benzene rings is 2. The zero-order valence-corrected chi connectivity index (χ0v) is 13.7. The van der Waals surface area contributed by atoms with Crippen molar-refractivity contribution in [2.45, 2.75) is 19.3 Å². The monoisotopic (exact) mass is 290 g/mol. The van der Waals surface area contributed by atoms with E-state index in [1.165, 1.54) is 16.8 Å². The Balaban J connectivity index is 1.99. The van der Waals surface area contributed by atoms with Crippen molar-refractivity contribution in [1.82, 2.24) is 0 Å². The summed E-state index contributed by atoms with van der Waals surface area (Å²) in [4.78, 5) is 7.03. The average Bonchev–Trinajstić information content (AvgIpc) is 2.77. The predicted octanol–water partition coefficient (Wildman–Crippen LogP) is 4.83. The lowest BCUT2D eigenvalue weighted by molar-refractivity contribution is 0.737. The largest absolute Gasteiger partial charge is 0.377 e. The van der Waals surface area contributed by atoms with E-state index in [1.54, 1.807) is 0 Å². The molecule has 1 heterocycles. The second-order valence-corrected chi connectivity index (χ2v) is 6.43. The molecule has 0 N–H and O–H groups in total. The fraction of sp³-hybridized carbons (Fsp3) is 0.250. The van der Waals surface area contributed by atoms with Gasteiger partial charge in [-0.05, 0) is 37.6 Å². The minimum atomic E-state index is -0.0819. The number of nitrogens with zero attached hydrogens (tertiary/aromatic N) is 2. The van der Waals surface area contributed by atoms with E-state index >= 15 is 0 Å². The molecule has 0 radical (unpaired) electrons. The van der Waals surface area contributed by atoms with Crippen molar-refractivity contribution in [1.29, 1.82) is 0 Å². The highest BCUT2D eigenvalue weighted by Gasteiger charge is 2.36. The zero-order chi connectivity index (χ0) is 15.7. The van der Waals surface area contributed by atoms with Crippen LogP contribution in [0.1, 0.15) is 25.0 Å². The van der Waals surface area contributed by atoms with E-state index in [2.05, 4.69) is 87.5 Å². The van der Waals surface area contributed by atoms with Gasteiger partial charge in [0.25, 0.3) is 0 Å². The van der Waals surface area contributed by atoms with E-state index in [9.17, 15) is 0 Å². The summed E-state index contributed by atoms with van der Waals surface area (Å²) in [5, 5.41) is 0. The lowest BCUT2D eigenvalue weighted by Crippen LogP contribution is -2.26. The van der Waals surface area contributed by atoms with Gasteiger partial charge in [0.05, 0.1) is 11.4 Å². The van der Waals surface area contributed by atoms with Crippen molar-refractivity contribution in [3.05, 3.63) is 65.7 Å². The molecule has 1 aliphatic rings. The molecule has 0 bridgehead atoms. The Bertz CT molecular complexity index is 738.